The lowest BCUT2D eigenvalue weighted by Crippen LogP contribution is -2.62. The zero-order valence-corrected chi connectivity index (χ0v) is 20.1. The van der Waals surface area contributed by atoms with Crippen molar-refractivity contribution in [3.05, 3.63) is 48.0 Å². The van der Waals surface area contributed by atoms with Crippen molar-refractivity contribution in [2.75, 3.05) is 0 Å². The van der Waals surface area contributed by atoms with Gasteiger partial charge in [0.25, 0.3) is 0 Å². The maximum atomic E-state index is 2.72. The van der Waals surface area contributed by atoms with Crippen LogP contribution in [0.5, 0.6) is 0 Å². The molecule has 0 heterocycles. The van der Waals surface area contributed by atoms with E-state index in [4.69, 9.17) is 0 Å². The molecule has 0 spiro atoms. The van der Waals surface area contributed by atoms with Gasteiger partial charge in [-0.05, 0) is 72.7 Å². The maximum Gasteiger partial charge on any atom is 0.000711 e. The molecule has 158 valence electrons. The van der Waals surface area contributed by atoms with E-state index in [2.05, 4.69) is 97.9 Å². The molecule has 0 saturated heterocycles. The highest BCUT2D eigenvalue weighted by atomic mass is 14.7. The summed E-state index contributed by atoms with van der Waals surface area (Å²) in [5, 5.41) is 0. The second-order valence-electron chi connectivity index (χ2n) is 9.30. The monoisotopic (exact) mass is 382 g/mol. The van der Waals surface area contributed by atoms with Gasteiger partial charge in [-0.2, -0.15) is 0 Å². The molecule has 0 aromatic heterocycles. The van der Waals surface area contributed by atoms with Crippen LogP contribution in [0.15, 0.2) is 42.5 Å². The molecule has 0 radical (unpaired) electrons. The van der Waals surface area contributed by atoms with Crippen molar-refractivity contribution in [2.45, 2.75) is 106 Å². The molecule has 0 amide bonds. The molecule has 1 aliphatic rings. The average molecular weight is 383 g/mol. The Balaban J connectivity index is 2.89. The van der Waals surface area contributed by atoms with Crippen molar-refractivity contribution >= 4 is 0 Å². The molecule has 0 nitrogen and oxygen atoms in total. The highest BCUT2D eigenvalue weighted by Gasteiger charge is 2.66. The molecule has 0 heteroatoms. The molecule has 28 heavy (non-hydrogen) atoms. The van der Waals surface area contributed by atoms with Crippen molar-refractivity contribution in [1.29, 1.82) is 0 Å². The van der Waals surface area contributed by atoms with Crippen LogP contribution in [0.3, 0.4) is 0 Å². The van der Waals surface area contributed by atoms with Crippen LogP contribution in [0.25, 0.3) is 0 Å². The van der Waals surface area contributed by atoms with E-state index in [-0.39, 0.29) is 5.41 Å². The molecule has 0 fully saturated rings. The second kappa shape index (κ2) is 8.76. The lowest BCUT2D eigenvalue weighted by Gasteiger charge is -2.70. The van der Waals surface area contributed by atoms with Crippen molar-refractivity contribution in [1.82, 2.24) is 0 Å². The van der Waals surface area contributed by atoms with E-state index in [0.717, 1.165) is 0 Å². The lowest BCUT2D eigenvalue weighted by atomic mass is 9.34. The third-order valence-electron chi connectivity index (χ3n) is 9.79. The summed E-state index contributed by atoms with van der Waals surface area (Å²) in [6.07, 6.45) is 14.2. The van der Waals surface area contributed by atoms with Crippen LogP contribution >= 0.6 is 0 Å². The molecule has 1 aromatic carbocycles. The summed E-state index contributed by atoms with van der Waals surface area (Å²) < 4.78 is 0. The SMILES string of the molecule is CCC1(CC)C=CC(CC)(C(C)c2ccccc2)C(CC)(CC)C1(CC)CC. The molecule has 2 rings (SSSR count). The smallest absolute Gasteiger partial charge is 0.000711 e. The quantitative estimate of drug-likeness (QED) is 0.373. The Morgan fingerprint density at radius 1 is 0.607 bits per heavy atom. The van der Waals surface area contributed by atoms with Crippen LogP contribution in [-0.2, 0) is 0 Å². The normalized spacial score (nSPS) is 26.1. The Labute approximate surface area is 176 Å². The minimum Gasteiger partial charge on any atom is -0.0812 e. The van der Waals surface area contributed by atoms with Crippen LogP contribution in [0.4, 0.5) is 0 Å². The van der Waals surface area contributed by atoms with Gasteiger partial charge in [-0.25, -0.2) is 0 Å². The summed E-state index contributed by atoms with van der Waals surface area (Å²) in [5.74, 6) is 0.527. The summed E-state index contributed by atoms with van der Waals surface area (Å²) in [5.41, 5.74) is 2.69. The molecule has 0 saturated carbocycles. The Bertz CT molecular complexity index is 625. The molecule has 1 aliphatic carbocycles. The van der Waals surface area contributed by atoms with Gasteiger partial charge >= 0.3 is 0 Å². The van der Waals surface area contributed by atoms with Crippen molar-refractivity contribution in [3.63, 3.8) is 0 Å². The summed E-state index contributed by atoms with van der Waals surface area (Å²) in [7, 11) is 0. The van der Waals surface area contributed by atoms with Crippen LogP contribution in [-0.4, -0.2) is 0 Å². The Hall–Kier alpha value is -1.04. The zero-order valence-electron chi connectivity index (χ0n) is 20.1. The summed E-state index contributed by atoms with van der Waals surface area (Å²) >= 11 is 0. The third-order valence-corrected chi connectivity index (χ3v) is 9.79. The molecule has 0 aliphatic heterocycles. The number of benzene rings is 1. The lowest BCUT2D eigenvalue weighted by molar-refractivity contribution is -0.166. The van der Waals surface area contributed by atoms with E-state index in [0.29, 0.717) is 22.2 Å². The fourth-order valence-corrected chi connectivity index (χ4v) is 8.29. The molecule has 2 unspecified atom stereocenters. The van der Waals surface area contributed by atoms with Gasteiger partial charge in [0.1, 0.15) is 0 Å². The number of hydrogen-bond acceptors (Lipinski definition) is 0. The molecular weight excluding hydrogens is 336 g/mol. The fourth-order valence-electron chi connectivity index (χ4n) is 8.29. The van der Waals surface area contributed by atoms with E-state index >= 15 is 0 Å². The summed E-state index contributed by atoms with van der Waals surface area (Å²) in [6.45, 7) is 19.8. The summed E-state index contributed by atoms with van der Waals surface area (Å²) in [4.78, 5) is 0. The zero-order chi connectivity index (χ0) is 21.1. The Kier molecular flexibility index (Phi) is 7.27. The molecule has 0 bridgehead atoms. The van der Waals surface area contributed by atoms with Gasteiger partial charge in [-0.3, -0.25) is 0 Å². The number of rotatable bonds is 9. The van der Waals surface area contributed by atoms with Gasteiger partial charge in [0.15, 0.2) is 0 Å². The predicted octanol–water partition coefficient (Wildman–Crippen LogP) is 9.18. The number of allylic oxidation sites excluding steroid dienone is 2. The van der Waals surface area contributed by atoms with E-state index in [1.165, 1.54) is 50.5 Å². The fraction of sp³-hybridized carbons (Fsp3) is 0.714. The predicted molar refractivity (Wildman–Crippen MR) is 126 cm³/mol. The minimum absolute atomic E-state index is 0.206. The topological polar surface area (TPSA) is 0 Å². The van der Waals surface area contributed by atoms with E-state index in [1.54, 1.807) is 0 Å². The first-order valence-electron chi connectivity index (χ1n) is 12.2. The van der Waals surface area contributed by atoms with Crippen molar-refractivity contribution < 1.29 is 0 Å². The average Bonchev–Trinajstić information content (AvgIpc) is 2.77. The first-order valence-corrected chi connectivity index (χ1v) is 12.2. The highest BCUT2D eigenvalue weighted by Crippen LogP contribution is 2.74. The molecule has 2 atom stereocenters. The summed E-state index contributed by atoms with van der Waals surface area (Å²) in [6, 6.07) is 11.3. The van der Waals surface area contributed by atoms with Gasteiger partial charge in [0, 0.05) is 5.41 Å². The van der Waals surface area contributed by atoms with E-state index in [9.17, 15) is 0 Å². The maximum absolute atomic E-state index is 2.72. The first-order chi connectivity index (χ1) is 13.4. The Morgan fingerprint density at radius 3 is 1.50 bits per heavy atom. The largest absolute Gasteiger partial charge is 0.0812 e. The molecular formula is C28H46. The minimum atomic E-state index is 0.206. The van der Waals surface area contributed by atoms with Gasteiger partial charge in [-0.15, -0.1) is 0 Å². The van der Waals surface area contributed by atoms with Crippen molar-refractivity contribution in [3.8, 4) is 0 Å². The standard InChI is InChI=1S/C28H46/c1-9-25(10-2)21-22-26(11-3,23(8)24-19-17-16-18-20-24)28(14-6,15-7)27(25,12-4)13-5/h16-23H,9-15H2,1-8H3. The Morgan fingerprint density at radius 2 is 1.11 bits per heavy atom. The van der Waals surface area contributed by atoms with Gasteiger partial charge in [-0.1, -0.05) is 97.9 Å². The third kappa shape index (κ3) is 2.77. The van der Waals surface area contributed by atoms with Crippen LogP contribution in [0, 0.1) is 21.7 Å². The first kappa shape index (κ1) is 23.2. The molecule has 0 N–H and O–H groups in total. The van der Waals surface area contributed by atoms with Crippen LogP contribution in [0.1, 0.15) is 112 Å². The van der Waals surface area contributed by atoms with Gasteiger partial charge < -0.3 is 0 Å². The van der Waals surface area contributed by atoms with E-state index in [1.807, 2.05) is 0 Å². The number of hydrogen-bond donors (Lipinski definition) is 0. The van der Waals surface area contributed by atoms with E-state index < -0.39 is 0 Å². The van der Waals surface area contributed by atoms with Crippen LogP contribution in [0.2, 0.25) is 0 Å². The van der Waals surface area contributed by atoms with Gasteiger partial charge in [0.05, 0.1) is 0 Å². The van der Waals surface area contributed by atoms with Crippen molar-refractivity contribution in [2.24, 2.45) is 21.7 Å². The van der Waals surface area contributed by atoms with Crippen LogP contribution < -0.4 is 0 Å². The van der Waals surface area contributed by atoms with Gasteiger partial charge in [0.2, 0.25) is 0 Å². The molecule has 1 aromatic rings. The second-order valence-corrected chi connectivity index (χ2v) is 9.30. The highest BCUT2D eigenvalue weighted by molar-refractivity contribution is 5.33.